The second-order valence-electron chi connectivity index (χ2n) is 5.78. The molecule has 0 aliphatic carbocycles. The zero-order valence-electron chi connectivity index (χ0n) is 14.3. The number of nitrogens with zero attached hydrogens (tertiary/aromatic N) is 1. The highest BCUT2D eigenvalue weighted by atomic mass is 32.1. The SMILES string of the molecule is CC(NC(=NCc1cccs1)NCCc1ccco1)c1ccccc1. The van der Waals surface area contributed by atoms with Crippen molar-refractivity contribution in [3.8, 4) is 0 Å². The van der Waals surface area contributed by atoms with Crippen LogP contribution >= 0.6 is 11.3 Å². The number of rotatable bonds is 7. The zero-order valence-corrected chi connectivity index (χ0v) is 15.1. The summed E-state index contributed by atoms with van der Waals surface area (Å²) in [4.78, 5) is 5.97. The highest BCUT2D eigenvalue weighted by molar-refractivity contribution is 7.09. The quantitative estimate of drug-likeness (QED) is 0.489. The normalized spacial score (nSPS) is 12.8. The van der Waals surface area contributed by atoms with Gasteiger partial charge in [0.25, 0.3) is 0 Å². The minimum absolute atomic E-state index is 0.180. The summed E-state index contributed by atoms with van der Waals surface area (Å²) in [5.41, 5.74) is 1.24. The molecule has 0 radical (unpaired) electrons. The van der Waals surface area contributed by atoms with Crippen molar-refractivity contribution < 1.29 is 4.42 Å². The number of guanidine groups is 1. The Morgan fingerprint density at radius 2 is 2.00 bits per heavy atom. The van der Waals surface area contributed by atoms with Crippen LogP contribution in [0.25, 0.3) is 0 Å². The summed E-state index contributed by atoms with van der Waals surface area (Å²) in [6.07, 6.45) is 2.53. The average molecular weight is 353 g/mol. The molecule has 25 heavy (non-hydrogen) atoms. The van der Waals surface area contributed by atoms with Gasteiger partial charge in [0.2, 0.25) is 0 Å². The molecule has 0 aliphatic heterocycles. The van der Waals surface area contributed by atoms with Crippen molar-refractivity contribution in [3.05, 3.63) is 82.4 Å². The summed E-state index contributed by atoms with van der Waals surface area (Å²) in [6, 6.07) is 18.6. The molecule has 0 fully saturated rings. The van der Waals surface area contributed by atoms with Crippen molar-refractivity contribution in [2.75, 3.05) is 6.54 Å². The van der Waals surface area contributed by atoms with Crippen LogP contribution in [0.3, 0.4) is 0 Å². The van der Waals surface area contributed by atoms with Gasteiger partial charge in [-0.1, -0.05) is 36.4 Å². The van der Waals surface area contributed by atoms with Gasteiger partial charge in [-0.3, -0.25) is 0 Å². The Morgan fingerprint density at radius 1 is 1.12 bits per heavy atom. The predicted molar refractivity (Wildman–Crippen MR) is 104 cm³/mol. The highest BCUT2D eigenvalue weighted by Crippen LogP contribution is 2.12. The Kier molecular flexibility index (Phi) is 6.29. The smallest absolute Gasteiger partial charge is 0.192 e. The minimum atomic E-state index is 0.180. The minimum Gasteiger partial charge on any atom is -0.469 e. The van der Waals surface area contributed by atoms with Gasteiger partial charge in [0.15, 0.2) is 5.96 Å². The van der Waals surface area contributed by atoms with E-state index in [1.165, 1.54) is 10.4 Å². The van der Waals surface area contributed by atoms with Gasteiger partial charge < -0.3 is 15.1 Å². The fraction of sp³-hybridized carbons (Fsp3) is 0.250. The first-order chi connectivity index (χ1) is 12.3. The zero-order chi connectivity index (χ0) is 17.3. The molecule has 0 spiro atoms. The van der Waals surface area contributed by atoms with Gasteiger partial charge in [-0.25, -0.2) is 4.99 Å². The third-order valence-corrected chi connectivity index (χ3v) is 4.73. The molecule has 2 N–H and O–H groups in total. The Hall–Kier alpha value is -2.53. The standard InChI is InChI=1S/C20H23N3OS/c1-16(17-7-3-2-4-8-17)23-20(22-15-19-10-6-14-25-19)21-12-11-18-9-5-13-24-18/h2-10,13-14,16H,11-12,15H2,1H3,(H2,21,22,23). The van der Waals surface area contributed by atoms with E-state index < -0.39 is 0 Å². The van der Waals surface area contributed by atoms with Gasteiger partial charge >= 0.3 is 0 Å². The molecule has 4 nitrogen and oxygen atoms in total. The first kappa shape index (κ1) is 17.3. The summed E-state index contributed by atoms with van der Waals surface area (Å²) in [7, 11) is 0. The Morgan fingerprint density at radius 3 is 2.72 bits per heavy atom. The molecule has 0 amide bonds. The molecule has 0 saturated heterocycles. The molecular formula is C20H23N3OS. The molecular weight excluding hydrogens is 330 g/mol. The number of benzene rings is 1. The summed E-state index contributed by atoms with van der Waals surface area (Å²) in [5, 5.41) is 8.97. The Bertz CT molecular complexity index is 752. The number of furan rings is 1. The lowest BCUT2D eigenvalue weighted by Gasteiger charge is -2.18. The number of nitrogens with one attached hydrogen (secondary N) is 2. The second-order valence-corrected chi connectivity index (χ2v) is 6.81. The molecule has 1 aromatic carbocycles. The third kappa shape index (κ3) is 5.50. The summed E-state index contributed by atoms with van der Waals surface area (Å²) in [5.74, 6) is 1.79. The molecule has 1 atom stereocenters. The van der Waals surface area contributed by atoms with E-state index in [1.807, 2.05) is 18.2 Å². The lowest BCUT2D eigenvalue weighted by molar-refractivity contribution is 0.506. The van der Waals surface area contributed by atoms with Gasteiger partial charge in [0.1, 0.15) is 5.76 Å². The van der Waals surface area contributed by atoms with E-state index in [0.717, 1.165) is 24.7 Å². The van der Waals surface area contributed by atoms with E-state index in [4.69, 9.17) is 9.41 Å². The molecule has 2 aromatic heterocycles. The highest BCUT2D eigenvalue weighted by Gasteiger charge is 2.08. The molecule has 130 valence electrons. The fourth-order valence-corrected chi connectivity index (χ4v) is 3.13. The predicted octanol–water partition coefficient (Wildman–Crippen LogP) is 4.38. The van der Waals surface area contributed by atoms with E-state index >= 15 is 0 Å². The molecule has 3 aromatic rings. The van der Waals surface area contributed by atoms with Gasteiger partial charge in [-0.2, -0.15) is 0 Å². The summed E-state index contributed by atoms with van der Waals surface area (Å²) in [6.45, 7) is 3.59. The van der Waals surface area contributed by atoms with Crippen LogP contribution in [0.15, 0.2) is 75.7 Å². The maximum atomic E-state index is 5.39. The topological polar surface area (TPSA) is 49.6 Å². The summed E-state index contributed by atoms with van der Waals surface area (Å²) < 4.78 is 5.39. The fourth-order valence-electron chi connectivity index (χ4n) is 2.50. The molecule has 0 aliphatic rings. The first-order valence-corrected chi connectivity index (χ1v) is 9.34. The first-order valence-electron chi connectivity index (χ1n) is 8.46. The summed E-state index contributed by atoms with van der Waals surface area (Å²) >= 11 is 1.72. The van der Waals surface area contributed by atoms with Crippen LogP contribution in [0.4, 0.5) is 0 Å². The van der Waals surface area contributed by atoms with Crippen molar-refractivity contribution in [3.63, 3.8) is 0 Å². The van der Waals surface area contributed by atoms with Crippen LogP contribution in [-0.4, -0.2) is 12.5 Å². The van der Waals surface area contributed by atoms with Crippen molar-refractivity contribution in [1.82, 2.24) is 10.6 Å². The van der Waals surface area contributed by atoms with Gasteiger partial charge in [0, 0.05) is 17.8 Å². The molecule has 5 heteroatoms. The van der Waals surface area contributed by atoms with E-state index in [2.05, 4.69) is 59.3 Å². The average Bonchev–Trinajstić information content (AvgIpc) is 3.34. The van der Waals surface area contributed by atoms with Crippen molar-refractivity contribution >= 4 is 17.3 Å². The van der Waals surface area contributed by atoms with Crippen LogP contribution in [-0.2, 0) is 13.0 Å². The van der Waals surface area contributed by atoms with Crippen LogP contribution < -0.4 is 10.6 Å². The lowest BCUT2D eigenvalue weighted by atomic mass is 10.1. The number of hydrogen-bond acceptors (Lipinski definition) is 3. The van der Waals surface area contributed by atoms with Crippen LogP contribution in [0.2, 0.25) is 0 Å². The molecule has 0 bridgehead atoms. The van der Waals surface area contributed by atoms with Gasteiger partial charge in [-0.15, -0.1) is 11.3 Å². The van der Waals surface area contributed by atoms with Gasteiger partial charge in [-0.05, 0) is 36.1 Å². The largest absolute Gasteiger partial charge is 0.469 e. The van der Waals surface area contributed by atoms with E-state index in [9.17, 15) is 0 Å². The van der Waals surface area contributed by atoms with Gasteiger partial charge in [0.05, 0.1) is 18.8 Å². The Balaban J connectivity index is 1.61. The number of hydrogen-bond donors (Lipinski definition) is 2. The maximum absolute atomic E-state index is 5.39. The number of thiophene rings is 1. The molecule has 0 saturated carbocycles. The van der Waals surface area contributed by atoms with Crippen molar-refractivity contribution in [2.24, 2.45) is 4.99 Å². The monoisotopic (exact) mass is 353 g/mol. The van der Waals surface area contributed by atoms with E-state index in [1.54, 1.807) is 17.6 Å². The van der Waals surface area contributed by atoms with Crippen molar-refractivity contribution in [2.45, 2.75) is 25.9 Å². The maximum Gasteiger partial charge on any atom is 0.192 e. The van der Waals surface area contributed by atoms with E-state index in [0.29, 0.717) is 6.54 Å². The lowest BCUT2D eigenvalue weighted by Crippen LogP contribution is -2.39. The number of aliphatic imine (C=N–C) groups is 1. The Labute approximate surface area is 152 Å². The van der Waals surface area contributed by atoms with Crippen LogP contribution in [0.1, 0.15) is 29.2 Å². The molecule has 3 rings (SSSR count). The van der Waals surface area contributed by atoms with Crippen LogP contribution in [0.5, 0.6) is 0 Å². The third-order valence-electron chi connectivity index (χ3n) is 3.87. The molecule has 1 unspecified atom stereocenters. The van der Waals surface area contributed by atoms with Crippen LogP contribution in [0, 0.1) is 0 Å². The molecule has 2 heterocycles. The second kappa shape index (κ2) is 9.08. The van der Waals surface area contributed by atoms with Crippen molar-refractivity contribution in [1.29, 1.82) is 0 Å². The van der Waals surface area contributed by atoms with E-state index in [-0.39, 0.29) is 6.04 Å².